The molecule has 114 valence electrons. The van der Waals surface area contributed by atoms with Crippen LogP contribution in [0.25, 0.3) is 0 Å². The molecule has 1 N–H and O–H groups in total. The highest BCUT2D eigenvalue weighted by atomic mass is 16.4. The van der Waals surface area contributed by atoms with Crippen LogP contribution in [0, 0.1) is 5.41 Å². The Hall–Kier alpha value is -1.06. The Morgan fingerprint density at radius 3 is 2.10 bits per heavy atom. The molecule has 0 atom stereocenters. The van der Waals surface area contributed by atoms with Gasteiger partial charge in [0.15, 0.2) is 0 Å². The van der Waals surface area contributed by atoms with Crippen LogP contribution in [0.5, 0.6) is 0 Å². The topological polar surface area (TPSA) is 57.6 Å². The molecule has 1 heterocycles. The van der Waals surface area contributed by atoms with Gasteiger partial charge in [-0.05, 0) is 43.9 Å². The molecule has 2 aliphatic rings. The quantitative estimate of drug-likeness (QED) is 0.787. The van der Waals surface area contributed by atoms with Gasteiger partial charge in [-0.25, -0.2) is 0 Å². The van der Waals surface area contributed by atoms with E-state index in [-0.39, 0.29) is 12.3 Å². The number of piperidine rings is 1. The Morgan fingerprint density at radius 2 is 1.50 bits per heavy atom. The molecule has 1 aliphatic carbocycles. The molecule has 1 spiro atoms. The molecule has 0 aromatic carbocycles. The van der Waals surface area contributed by atoms with Gasteiger partial charge in [-0.15, -0.1) is 0 Å². The Morgan fingerprint density at radius 1 is 0.900 bits per heavy atom. The summed E-state index contributed by atoms with van der Waals surface area (Å²) in [5, 5.41) is 8.57. The minimum absolute atomic E-state index is 0.177. The lowest BCUT2D eigenvalue weighted by molar-refractivity contribution is -0.138. The van der Waals surface area contributed by atoms with Crippen molar-refractivity contribution in [1.82, 2.24) is 4.90 Å². The van der Waals surface area contributed by atoms with Gasteiger partial charge < -0.3 is 10.0 Å². The van der Waals surface area contributed by atoms with Crippen molar-refractivity contribution in [3.8, 4) is 0 Å². The van der Waals surface area contributed by atoms with E-state index in [4.69, 9.17) is 5.11 Å². The molecule has 2 rings (SSSR count). The number of carbonyl (C=O) groups excluding carboxylic acids is 1. The molecule has 1 saturated carbocycles. The van der Waals surface area contributed by atoms with E-state index < -0.39 is 5.97 Å². The van der Waals surface area contributed by atoms with Crippen molar-refractivity contribution in [3.63, 3.8) is 0 Å². The van der Waals surface area contributed by atoms with E-state index >= 15 is 0 Å². The maximum Gasteiger partial charge on any atom is 0.303 e. The zero-order chi connectivity index (χ0) is 14.4. The van der Waals surface area contributed by atoms with Crippen molar-refractivity contribution in [3.05, 3.63) is 0 Å². The van der Waals surface area contributed by atoms with Crippen LogP contribution in [-0.2, 0) is 9.59 Å². The van der Waals surface area contributed by atoms with E-state index in [1.54, 1.807) is 0 Å². The lowest BCUT2D eigenvalue weighted by Crippen LogP contribution is -2.43. The third-order valence-corrected chi connectivity index (χ3v) is 5.12. The van der Waals surface area contributed by atoms with Crippen LogP contribution < -0.4 is 0 Å². The predicted molar refractivity (Wildman–Crippen MR) is 77.4 cm³/mol. The molecule has 4 heteroatoms. The van der Waals surface area contributed by atoms with E-state index in [2.05, 4.69) is 0 Å². The van der Waals surface area contributed by atoms with Crippen LogP contribution >= 0.6 is 0 Å². The van der Waals surface area contributed by atoms with E-state index in [0.717, 1.165) is 13.1 Å². The maximum absolute atomic E-state index is 12.1. The SMILES string of the molecule is O=C(O)CCCCC(=O)N1CCC2(CCCCC2)CC1. The molecule has 0 aromatic heterocycles. The van der Waals surface area contributed by atoms with E-state index in [9.17, 15) is 9.59 Å². The molecule has 1 aliphatic heterocycles. The number of hydrogen-bond donors (Lipinski definition) is 1. The summed E-state index contributed by atoms with van der Waals surface area (Å²) in [4.78, 5) is 24.5. The molecule has 1 amide bonds. The van der Waals surface area contributed by atoms with Crippen LogP contribution in [0.4, 0.5) is 0 Å². The minimum atomic E-state index is -0.769. The first kappa shape index (κ1) is 15.3. The number of rotatable bonds is 5. The molecule has 0 aromatic rings. The summed E-state index contributed by atoms with van der Waals surface area (Å²) in [6.07, 6.45) is 11.2. The molecule has 2 fully saturated rings. The molecule has 4 nitrogen and oxygen atoms in total. The highest BCUT2D eigenvalue weighted by Crippen LogP contribution is 2.44. The van der Waals surface area contributed by atoms with Gasteiger partial charge in [-0.3, -0.25) is 9.59 Å². The van der Waals surface area contributed by atoms with Crippen LogP contribution in [-0.4, -0.2) is 35.0 Å². The Bertz CT molecular complexity index is 338. The zero-order valence-corrected chi connectivity index (χ0v) is 12.4. The number of carboxylic acid groups (broad SMARTS) is 1. The smallest absolute Gasteiger partial charge is 0.303 e. The fourth-order valence-corrected chi connectivity index (χ4v) is 3.74. The molecular formula is C16H27NO3. The summed E-state index contributed by atoms with van der Waals surface area (Å²) in [5.74, 6) is -0.546. The Balaban J connectivity index is 1.67. The van der Waals surface area contributed by atoms with Gasteiger partial charge in [-0.2, -0.15) is 0 Å². The van der Waals surface area contributed by atoms with Crippen molar-refractivity contribution >= 4 is 11.9 Å². The molecule has 0 radical (unpaired) electrons. The Labute approximate surface area is 121 Å². The average Bonchev–Trinajstić information content (AvgIpc) is 2.45. The standard InChI is InChI=1S/C16H27NO3/c18-14(6-2-3-7-15(19)20)17-12-10-16(11-13-17)8-4-1-5-9-16/h1-13H2,(H,19,20). The molecule has 0 bridgehead atoms. The number of aliphatic carboxylic acids is 1. The number of amides is 1. The van der Waals surface area contributed by atoms with Gasteiger partial charge in [0.25, 0.3) is 0 Å². The summed E-state index contributed by atoms with van der Waals surface area (Å²) in [6, 6.07) is 0. The van der Waals surface area contributed by atoms with Gasteiger partial charge in [0.1, 0.15) is 0 Å². The number of hydrogen-bond acceptors (Lipinski definition) is 2. The highest BCUT2D eigenvalue weighted by molar-refractivity contribution is 5.76. The second-order valence-corrected chi connectivity index (χ2v) is 6.54. The Kier molecular flexibility index (Phi) is 5.44. The third kappa shape index (κ3) is 4.22. The van der Waals surface area contributed by atoms with Crippen molar-refractivity contribution < 1.29 is 14.7 Å². The largest absolute Gasteiger partial charge is 0.481 e. The fourth-order valence-electron chi connectivity index (χ4n) is 3.74. The van der Waals surface area contributed by atoms with Crippen molar-refractivity contribution in [2.24, 2.45) is 5.41 Å². The zero-order valence-electron chi connectivity index (χ0n) is 12.4. The number of unbranched alkanes of at least 4 members (excludes halogenated alkanes) is 1. The van der Waals surface area contributed by atoms with Gasteiger partial charge in [0.2, 0.25) is 5.91 Å². The predicted octanol–water partition coefficient (Wildman–Crippen LogP) is 3.20. The normalized spacial score (nSPS) is 21.9. The van der Waals surface area contributed by atoms with Crippen LogP contribution in [0.15, 0.2) is 0 Å². The maximum atomic E-state index is 12.1. The first-order valence-electron chi connectivity index (χ1n) is 8.11. The summed E-state index contributed by atoms with van der Waals surface area (Å²) in [7, 11) is 0. The lowest BCUT2D eigenvalue weighted by Gasteiger charge is -2.44. The number of likely N-dealkylation sites (tertiary alicyclic amines) is 1. The summed E-state index contributed by atoms with van der Waals surface area (Å²) >= 11 is 0. The van der Waals surface area contributed by atoms with E-state index in [0.29, 0.717) is 24.7 Å². The number of nitrogens with zero attached hydrogens (tertiary/aromatic N) is 1. The van der Waals surface area contributed by atoms with Crippen LogP contribution in [0.2, 0.25) is 0 Å². The van der Waals surface area contributed by atoms with Crippen LogP contribution in [0.3, 0.4) is 0 Å². The molecule has 0 unspecified atom stereocenters. The highest BCUT2D eigenvalue weighted by Gasteiger charge is 2.36. The monoisotopic (exact) mass is 281 g/mol. The van der Waals surface area contributed by atoms with Gasteiger partial charge in [-0.1, -0.05) is 19.3 Å². The van der Waals surface area contributed by atoms with E-state index in [1.807, 2.05) is 4.90 Å². The number of carbonyl (C=O) groups is 2. The first-order valence-corrected chi connectivity index (χ1v) is 8.11. The summed E-state index contributed by atoms with van der Waals surface area (Å²) in [5.41, 5.74) is 0.540. The molecular weight excluding hydrogens is 254 g/mol. The number of carboxylic acids is 1. The first-order chi connectivity index (χ1) is 9.61. The summed E-state index contributed by atoms with van der Waals surface area (Å²) < 4.78 is 0. The average molecular weight is 281 g/mol. The van der Waals surface area contributed by atoms with Crippen molar-refractivity contribution in [1.29, 1.82) is 0 Å². The lowest BCUT2D eigenvalue weighted by atomic mass is 9.68. The fraction of sp³-hybridized carbons (Fsp3) is 0.875. The second-order valence-electron chi connectivity index (χ2n) is 6.54. The van der Waals surface area contributed by atoms with Crippen molar-refractivity contribution in [2.75, 3.05) is 13.1 Å². The summed E-state index contributed by atoms with van der Waals surface area (Å²) in [6.45, 7) is 1.83. The second kappa shape index (κ2) is 7.09. The third-order valence-electron chi connectivity index (χ3n) is 5.12. The molecule has 1 saturated heterocycles. The van der Waals surface area contributed by atoms with Gasteiger partial charge >= 0.3 is 5.97 Å². The minimum Gasteiger partial charge on any atom is -0.481 e. The molecule has 20 heavy (non-hydrogen) atoms. The van der Waals surface area contributed by atoms with Crippen molar-refractivity contribution in [2.45, 2.75) is 70.6 Å². The van der Waals surface area contributed by atoms with Gasteiger partial charge in [0, 0.05) is 25.9 Å². The van der Waals surface area contributed by atoms with E-state index in [1.165, 1.54) is 44.9 Å². The van der Waals surface area contributed by atoms with Gasteiger partial charge in [0.05, 0.1) is 0 Å². The van der Waals surface area contributed by atoms with Crippen LogP contribution in [0.1, 0.15) is 70.6 Å².